The Morgan fingerprint density at radius 1 is 1.46 bits per heavy atom. The van der Waals surface area contributed by atoms with Crippen molar-refractivity contribution in [1.29, 1.82) is 0 Å². The minimum absolute atomic E-state index is 0.192. The van der Waals surface area contributed by atoms with Gasteiger partial charge in [0, 0.05) is 18.2 Å². The van der Waals surface area contributed by atoms with Gasteiger partial charge in [-0.05, 0) is 31.9 Å². The van der Waals surface area contributed by atoms with E-state index in [0.717, 1.165) is 5.41 Å². The van der Waals surface area contributed by atoms with Gasteiger partial charge < -0.3 is 4.84 Å². The molecule has 0 atom stereocenters. The van der Waals surface area contributed by atoms with Gasteiger partial charge in [0.2, 0.25) is 5.92 Å². The normalized spacial score (nSPS) is 18.9. The molecule has 1 heterocycles. The lowest BCUT2D eigenvalue weighted by Gasteiger charge is -2.26. The van der Waals surface area contributed by atoms with Crippen molar-refractivity contribution in [3.8, 4) is 0 Å². The Morgan fingerprint density at radius 2 is 2.12 bits per heavy atom. The maximum Gasteiger partial charge on any atom is 0.254 e. The summed E-state index contributed by atoms with van der Waals surface area (Å²) in [6, 6.07) is 3.11. The zero-order valence-electron chi connectivity index (χ0n) is 13.2. The van der Waals surface area contributed by atoms with Gasteiger partial charge in [-0.1, -0.05) is 11.7 Å². The summed E-state index contributed by atoms with van der Waals surface area (Å²) >= 11 is 0. The molecule has 6 nitrogen and oxygen atoms in total. The fourth-order valence-electron chi connectivity index (χ4n) is 2.19. The Labute approximate surface area is 139 Å². The van der Waals surface area contributed by atoms with Gasteiger partial charge in [0.25, 0.3) is 10.0 Å². The van der Waals surface area contributed by atoms with Gasteiger partial charge in [0.15, 0.2) is 0 Å². The first kappa shape index (κ1) is 18.3. The van der Waals surface area contributed by atoms with E-state index < -0.39 is 15.9 Å². The topological polar surface area (TPSA) is 80.7 Å². The van der Waals surface area contributed by atoms with E-state index in [4.69, 9.17) is 4.84 Å². The second-order valence-corrected chi connectivity index (χ2v) is 7.21. The van der Waals surface area contributed by atoms with Crippen molar-refractivity contribution in [2.45, 2.75) is 44.6 Å². The van der Waals surface area contributed by atoms with Crippen LogP contribution in [0.15, 0.2) is 35.5 Å². The van der Waals surface area contributed by atoms with Gasteiger partial charge >= 0.3 is 0 Å². The summed E-state index contributed by atoms with van der Waals surface area (Å²) in [7, 11) is -3.58. The average molecular weight is 359 g/mol. The molecule has 1 aliphatic rings. The molecule has 24 heavy (non-hydrogen) atoms. The van der Waals surface area contributed by atoms with E-state index in [1.54, 1.807) is 13.0 Å². The molecule has 0 bridgehead atoms. The SMILES string of the molecule is C=CS(=O)(=O)Nc1ccc(/C(C)=N/OC2CCC(F)(F)CC2)nc1. The van der Waals surface area contributed by atoms with Gasteiger partial charge in [0.05, 0.1) is 17.6 Å². The number of sulfonamides is 1. The van der Waals surface area contributed by atoms with Crippen LogP contribution in [0.5, 0.6) is 0 Å². The van der Waals surface area contributed by atoms with E-state index in [0.29, 0.717) is 17.1 Å². The highest BCUT2D eigenvalue weighted by atomic mass is 32.2. The lowest BCUT2D eigenvalue weighted by Crippen LogP contribution is -2.28. The number of nitrogens with one attached hydrogen (secondary N) is 1. The van der Waals surface area contributed by atoms with Gasteiger partial charge in [-0.2, -0.15) is 0 Å². The minimum atomic E-state index is -3.58. The molecule has 0 aliphatic heterocycles. The molecule has 2 rings (SSSR count). The third-order valence-electron chi connectivity index (χ3n) is 3.62. The molecule has 1 aromatic rings. The largest absolute Gasteiger partial charge is 0.392 e. The van der Waals surface area contributed by atoms with E-state index in [-0.39, 0.29) is 31.8 Å². The molecule has 0 amide bonds. The van der Waals surface area contributed by atoms with E-state index in [1.165, 1.54) is 12.3 Å². The highest BCUT2D eigenvalue weighted by Gasteiger charge is 2.35. The Morgan fingerprint density at radius 3 is 2.67 bits per heavy atom. The number of hydrogen-bond acceptors (Lipinski definition) is 5. The standard InChI is InChI=1S/C15H19F2N3O3S/c1-3-24(21,22)20-12-4-5-14(18-10-12)11(2)19-23-13-6-8-15(16,17)9-7-13/h3-5,10,13,20H,1,6-9H2,2H3/b19-11+. The summed E-state index contributed by atoms with van der Waals surface area (Å²) in [6.07, 6.45) is 1.17. The monoisotopic (exact) mass is 359 g/mol. The first-order valence-electron chi connectivity index (χ1n) is 7.41. The first-order chi connectivity index (χ1) is 11.2. The smallest absolute Gasteiger partial charge is 0.254 e. The average Bonchev–Trinajstić information content (AvgIpc) is 2.54. The quantitative estimate of drug-likeness (QED) is 0.624. The summed E-state index contributed by atoms with van der Waals surface area (Å²) in [6.45, 7) is 4.87. The molecule has 0 aromatic carbocycles. The third kappa shape index (κ3) is 5.26. The fourth-order valence-corrected chi connectivity index (χ4v) is 2.73. The highest BCUT2D eigenvalue weighted by Crippen LogP contribution is 2.34. The van der Waals surface area contributed by atoms with E-state index in [1.807, 2.05) is 0 Å². The molecule has 0 saturated heterocycles. The second-order valence-electron chi connectivity index (χ2n) is 5.58. The summed E-state index contributed by atoms with van der Waals surface area (Å²) in [5.74, 6) is -2.60. The Balaban J connectivity index is 1.95. The van der Waals surface area contributed by atoms with E-state index in [9.17, 15) is 17.2 Å². The van der Waals surface area contributed by atoms with Gasteiger partial charge in [-0.25, -0.2) is 17.2 Å². The molecule has 9 heteroatoms. The zero-order chi connectivity index (χ0) is 17.8. The van der Waals surface area contributed by atoms with Crippen molar-refractivity contribution in [3.63, 3.8) is 0 Å². The fraction of sp³-hybridized carbons (Fsp3) is 0.467. The molecule has 0 spiro atoms. The summed E-state index contributed by atoms with van der Waals surface area (Å²) in [4.78, 5) is 9.40. The summed E-state index contributed by atoms with van der Waals surface area (Å²) in [5, 5.41) is 4.74. The van der Waals surface area contributed by atoms with Crippen molar-refractivity contribution >= 4 is 21.4 Å². The number of nitrogens with zero attached hydrogens (tertiary/aromatic N) is 2. The van der Waals surface area contributed by atoms with E-state index >= 15 is 0 Å². The van der Waals surface area contributed by atoms with Crippen molar-refractivity contribution in [2.24, 2.45) is 5.16 Å². The maximum absolute atomic E-state index is 13.1. The van der Waals surface area contributed by atoms with Crippen LogP contribution in [-0.2, 0) is 14.9 Å². The molecule has 1 fully saturated rings. The molecule has 1 saturated carbocycles. The van der Waals surface area contributed by atoms with Crippen LogP contribution in [0.4, 0.5) is 14.5 Å². The predicted octanol–water partition coefficient (Wildman–Crippen LogP) is 3.29. The van der Waals surface area contributed by atoms with Crippen molar-refractivity contribution in [2.75, 3.05) is 4.72 Å². The molecule has 1 N–H and O–H groups in total. The third-order valence-corrected chi connectivity index (χ3v) is 4.58. The Hall–Kier alpha value is -2.03. The number of hydrogen-bond donors (Lipinski definition) is 1. The van der Waals surface area contributed by atoms with Crippen LogP contribution in [-0.4, -0.2) is 31.1 Å². The van der Waals surface area contributed by atoms with Crippen LogP contribution in [0.3, 0.4) is 0 Å². The molecule has 0 radical (unpaired) electrons. The summed E-state index contributed by atoms with van der Waals surface area (Å²) in [5.41, 5.74) is 1.27. The molecule has 132 valence electrons. The van der Waals surface area contributed by atoms with Crippen LogP contribution in [0.2, 0.25) is 0 Å². The Bertz CT molecular complexity index is 708. The Kier molecular flexibility index (Phi) is 5.53. The van der Waals surface area contributed by atoms with Gasteiger partial charge in [-0.15, -0.1) is 0 Å². The number of rotatable bonds is 6. The maximum atomic E-state index is 13.1. The lowest BCUT2D eigenvalue weighted by atomic mass is 9.94. The number of halogens is 2. The molecule has 1 aromatic heterocycles. The molecular formula is C15H19F2N3O3S. The lowest BCUT2D eigenvalue weighted by molar-refractivity contribution is -0.0797. The van der Waals surface area contributed by atoms with E-state index in [2.05, 4.69) is 21.4 Å². The van der Waals surface area contributed by atoms with Crippen molar-refractivity contribution in [3.05, 3.63) is 36.0 Å². The van der Waals surface area contributed by atoms with Crippen LogP contribution < -0.4 is 4.72 Å². The van der Waals surface area contributed by atoms with Crippen LogP contribution in [0.25, 0.3) is 0 Å². The van der Waals surface area contributed by atoms with Crippen LogP contribution >= 0.6 is 0 Å². The first-order valence-corrected chi connectivity index (χ1v) is 8.95. The molecule has 0 unspecified atom stereocenters. The highest BCUT2D eigenvalue weighted by molar-refractivity contribution is 7.95. The van der Waals surface area contributed by atoms with Crippen molar-refractivity contribution in [1.82, 2.24) is 4.98 Å². The number of alkyl halides is 2. The predicted molar refractivity (Wildman–Crippen MR) is 87.5 cm³/mol. The van der Waals surface area contributed by atoms with Gasteiger partial charge in [-0.3, -0.25) is 9.71 Å². The number of oxime groups is 1. The van der Waals surface area contributed by atoms with Crippen LogP contribution in [0, 0.1) is 0 Å². The van der Waals surface area contributed by atoms with Gasteiger partial charge in [0.1, 0.15) is 11.8 Å². The molecular weight excluding hydrogens is 340 g/mol. The van der Waals surface area contributed by atoms with Crippen molar-refractivity contribution < 1.29 is 22.0 Å². The summed E-state index contributed by atoms with van der Waals surface area (Å²) < 4.78 is 51.1. The number of pyridine rings is 1. The molecule has 1 aliphatic carbocycles. The minimum Gasteiger partial charge on any atom is -0.392 e. The number of aromatic nitrogens is 1. The second kappa shape index (κ2) is 7.25. The number of anilines is 1. The van der Waals surface area contributed by atoms with Crippen LogP contribution in [0.1, 0.15) is 38.3 Å². The zero-order valence-corrected chi connectivity index (χ0v) is 14.0.